The highest BCUT2D eigenvalue weighted by Crippen LogP contribution is 2.20. The van der Waals surface area contributed by atoms with E-state index in [2.05, 4.69) is 5.32 Å². The van der Waals surface area contributed by atoms with Crippen LogP contribution in [-0.2, 0) is 4.79 Å². The lowest BCUT2D eigenvalue weighted by molar-refractivity contribution is -0.118. The van der Waals surface area contributed by atoms with Crippen LogP contribution in [0.3, 0.4) is 0 Å². The Hall–Kier alpha value is -2.33. The zero-order chi connectivity index (χ0) is 15.9. The zero-order valence-corrected chi connectivity index (χ0v) is 12.9. The first kappa shape index (κ1) is 16.0. The summed E-state index contributed by atoms with van der Waals surface area (Å²) in [6, 6.07) is 13.7. The number of carbonyl (C=O) groups excluding carboxylic acids is 2. The number of ether oxygens (including phenoxy) is 1. The molecule has 0 atom stereocenters. The first-order valence-corrected chi connectivity index (χ1v) is 7.28. The van der Waals surface area contributed by atoms with E-state index < -0.39 is 0 Å². The average molecular weight is 318 g/mol. The fourth-order valence-corrected chi connectivity index (χ4v) is 2.02. The van der Waals surface area contributed by atoms with Crippen molar-refractivity contribution in [2.75, 3.05) is 11.9 Å². The molecule has 1 amide bonds. The molecule has 1 N–H and O–H groups in total. The predicted octanol–water partition coefficient (Wildman–Crippen LogP) is 3.95. The van der Waals surface area contributed by atoms with Crippen molar-refractivity contribution in [3.63, 3.8) is 0 Å². The number of ketones is 1. The second kappa shape index (κ2) is 7.61. The van der Waals surface area contributed by atoms with Crippen LogP contribution in [0.25, 0.3) is 0 Å². The van der Waals surface area contributed by atoms with E-state index in [1.165, 1.54) is 0 Å². The van der Waals surface area contributed by atoms with Crippen LogP contribution in [0.1, 0.15) is 23.7 Å². The number of amides is 1. The SMILES string of the molecule is CCC(=O)c1ccc(OCC(=O)Nc2ccccc2Cl)cc1. The third-order valence-electron chi connectivity index (χ3n) is 3.02. The van der Waals surface area contributed by atoms with Crippen molar-refractivity contribution in [3.8, 4) is 5.75 Å². The fourth-order valence-electron chi connectivity index (χ4n) is 1.84. The van der Waals surface area contributed by atoms with Crippen molar-refractivity contribution in [3.05, 3.63) is 59.1 Å². The number of benzene rings is 2. The summed E-state index contributed by atoms with van der Waals surface area (Å²) in [6.07, 6.45) is 0.459. The Labute approximate surface area is 134 Å². The summed E-state index contributed by atoms with van der Waals surface area (Å²) >= 11 is 5.96. The molecule has 0 unspecified atom stereocenters. The van der Waals surface area contributed by atoms with E-state index in [9.17, 15) is 9.59 Å². The van der Waals surface area contributed by atoms with Gasteiger partial charge in [0, 0.05) is 12.0 Å². The molecule has 0 heterocycles. The van der Waals surface area contributed by atoms with Gasteiger partial charge in [-0.1, -0.05) is 30.7 Å². The van der Waals surface area contributed by atoms with Gasteiger partial charge in [0.15, 0.2) is 12.4 Å². The molecule has 0 bridgehead atoms. The molecule has 0 aliphatic rings. The summed E-state index contributed by atoms with van der Waals surface area (Å²) in [5.41, 5.74) is 1.18. The molecule has 5 heteroatoms. The quantitative estimate of drug-likeness (QED) is 0.821. The van der Waals surface area contributed by atoms with Crippen LogP contribution in [0.15, 0.2) is 48.5 Å². The Kier molecular flexibility index (Phi) is 5.55. The monoisotopic (exact) mass is 317 g/mol. The summed E-state index contributed by atoms with van der Waals surface area (Å²) in [7, 11) is 0. The maximum atomic E-state index is 11.8. The Morgan fingerprint density at radius 1 is 1.09 bits per heavy atom. The molecule has 2 aromatic carbocycles. The normalized spacial score (nSPS) is 10.1. The minimum Gasteiger partial charge on any atom is -0.484 e. The van der Waals surface area contributed by atoms with Gasteiger partial charge >= 0.3 is 0 Å². The van der Waals surface area contributed by atoms with E-state index >= 15 is 0 Å². The number of Topliss-reactive ketones (excluding diaryl/α,β-unsaturated/α-hetero) is 1. The van der Waals surface area contributed by atoms with Crippen LogP contribution in [0.2, 0.25) is 5.02 Å². The van der Waals surface area contributed by atoms with Gasteiger partial charge in [0.25, 0.3) is 5.91 Å². The molecule has 4 nitrogen and oxygen atoms in total. The summed E-state index contributed by atoms with van der Waals surface area (Å²) < 4.78 is 5.38. The smallest absolute Gasteiger partial charge is 0.262 e. The molecule has 22 heavy (non-hydrogen) atoms. The van der Waals surface area contributed by atoms with E-state index in [1.807, 2.05) is 6.92 Å². The second-order valence-corrected chi connectivity index (χ2v) is 5.03. The topological polar surface area (TPSA) is 55.4 Å². The molecule has 0 fully saturated rings. The van der Waals surface area contributed by atoms with Gasteiger partial charge in [-0.3, -0.25) is 9.59 Å². The number of nitrogens with one attached hydrogen (secondary N) is 1. The van der Waals surface area contributed by atoms with Gasteiger partial charge in [0.05, 0.1) is 10.7 Å². The molecule has 0 spiro atoms. The maximum absolute atomic E-state index is 11.8. The molecular formula is C17H16ClNO3. The van der Waals surface area contributed by atoms with Crippen LogP contribution in [-0.4, -0.2) is 18.3 Å². The molecule has 0 saturated carbocycles. The first-order chi connectivity index (χ1) is 10.6. The first-order valence-electron chi connectivity index (χ1n) is 6.90. The third kappa shape index (κ3) is 4.33. The second-order valence-electron chi connectivity index (χ2n) is 4.62. The average Bonchev–Trinajstić information content (AvgIpc) is 2.55. The van der Waals surface area contributed by atoms with Gasteiger partial charge in [-0.05, 0) is 36.4 Å². The van der Waals surface area contributed by atoms with E-state index in [0.29, 0.717) is 28.4 Å². The molecule has 0 radical (unpaired) electrons. The lowest BCUT2D eigenvalue weighted by Crippen LogP contribution is -2.20. The molecular weight excluding hydrogens is 302 g/mol. The Balaban J connectivity index is 1.89. The molecule has 0 saturated heterocycles. The van der Waals surface area contributed by atoms with E-state index in [1.54, 1.807) is 48.5 Å². The van der Waals surface area contributed by atoms with Crippen molar-refractivity contribution in [1.82, 2.24) is 0 Å². The maximum Gasteiger partial charge on any atom is 0.262 e. The summed E-state index contributed by atoms with van der Waals surface area (Å²) in [4.78, 5) is 23.3. The van der Waals surface area contributed by atoms with Crippen molar-refractivity contribution in [1.29, 1.82) is 0 Å². The fraction of sp³-hybridized carbons (Fsp3) is 0.176. The molecule has 0 aliphatic carbocycles. The Bertz CT molecular complexity index is 668. The van der Waals surface area contributed by atoms with Gasteiger partial charge < -0.3 is 10.1 Å². The van der Waals surface area contributed by atoms with Crippen LogP contribution < -0.4 is 10.1 Å². The molecule has 0 aliphatic heterocycles. The largest absolute Gasteiger partial charge is 0.484 e. The van der Waals surface area contributed by atoms with Gasteiger partial charge in [-0.2, -0.15) is 0 Å². The molecule has 114 valence electrons. The van der Waals surface area contributed by atoms with Crippen molar-refractivity contribution < 1.29 is 14.3 Å². The third-order valence-corrected chi connectivity index (χ3v) is 3.34. The number of rotatable bonds is 6. The van der Waals surface area contributed by atoms with Crippen molar-refractivity contribution >= 4 is 29.0 Å². The van der Waals surface area contributed by atoms with Crippen LogP contribution in [0, 0.1) is 0 Å². The minimum absolute atomic E-state index is 0.0722. The predicted molar refractivity (Wildman–Crippen MR) is 86.6 cm³/mol. The van der Waals surface area contributed by atoms with E-state index in [4.69, 9.17) is 16.3 Å². The lowest BCUT2D eigenvalue weighted by atomic mass is 10.1. The number of halogens is 1. The number of hydrogen-bond donors (Lipinski definition) is 1. The Morgan fingerprint density at radius 3 is 2.41 bits per heavy atom. The van der Waals surface area contributed by atoms with Crippen LogP contribution >= 0.6 is 11.6 Å². The van der Waals surface area contributed by atoms with Crippen molar-refractivity contribution in [2.45, 2.75) is 13.3 Å². The van der Waals surface area contributed by atoms with Gasteiger partial charge in [0.2, 0.25) is 0 Å². The lowest BCUT2D eigenvalue weighted by Gasteiger charge is -2.09. The Morgan fingerprint density at radius 2 is 1.77 bits per heavy atom. The minimum atomic E-state index is -0.304. The number of anilines is 1. The highest BCUT2D eigenvalue weighted by Gasteiger charge is 2.07. The molecule has 2 aromatic rings. The highest BCUT2D eigenvalue weighted by atomic mass is 35.5. The summed E-state index contributed by atoms with van der Waals surface area (Å²) in [5.74, 6) is 0.298. The standard InChI is InChI=1S/C17H16ClNO3/c1-2-16(20)12-7-9-13(10-8-12)22-11-17(21)19-15-6-4-3-5-14(15)18/h3-10H,2,11H2,1H3,(H,19,21). The summed E-state index contributed by atoms with van der Waals surface area (Å²) in [6.45, 7) is 1.68. The number of hydrogen-bond acceptors (Lipinski definition) is 3. The molecule has 0 aromatic heterocycles. The molecule has 2 rings (SSSR count). The van der Waals surface area contributed by atoms with Crippen LogP contribution in [0.4, 0.5) is 5.69 Å². The summed E-state index contributed by atoms with van der Waals surface area (Å²) in [5, 5.41) is 3.14. The van der Waals surface area contributed by atoms with Gasteiger partial charge in [0.1, 0.15) is 5.75 Å². The highest BCUT2D eigenvalue weighted by molar-refractivity contribution is 6.33. The van der Waals surface area contributed by atoms with Crippen molar-refractivity contribution in [2.24, 2.45) is 0 Å². The zero-order valence-electron chi connectivity index (χ0n) is 12.1. The van der Waals surface area contributed by atoms with Gasteiger partial charge in [-0.25, -0.2) is 0 Å². The van der Waals surface area contributed by atoms with Gasteiger partial charge in [-0.15, -0.1) is 0 Å². The van der Waals surface area contributed by atoms with E-state index in [0.717, 1.165) is 0 Å². The number of carbonyl (C=O) groups is 2. The van der Waals surface area contributed by atoms with E-state index in [-0.39, 0.29) is 18.3 Å². The van der Waals surface area contributed by atoms with Crippen LogP contribution in [0.5, 0.6) is 5.75 Å². The number of para-hydroxylation sites is 1.